The Labute approximate surface area is 123 Å². The van der Waals surface area contributed by atoms with Gasteiger partial charge in [0.15, 0.2) is 0 Å². The number of ether oxygens (including phenoxy) is 1. The zero-order valence-electron chi connectivity index (χ0n) is 11.5. The standard InChI is InChI=1S/C14H17N3O3S/c18-21(19,16-7-2-9-17-8-1-6-15-17)13-3-4-14-12(11-13)5-10-20-14/h1,3-4,6,8,11,16H,2,5,7,9-10H2. The second kappa shape index (κ2) is 5.87. The van der Waals surface area contributed by atoms with Gasteiger partial charge in [-0.15, -0.1) is 0 Å². The Bertz CT molecular complexity index is 711. The van der Waals surface area contributed by atoms with E-state index < -0.39 is 10.0 Å². The first kappa shape index (κ1) is 14.1. The molecule has 1 aliphatic rings. The van der Waals surface area contributed by atoms with E-state index in [1.807, 2.05) is 12.3 Å². The summed E-state index contributed by atoms with van der Waals surface area (Å²) < 4.78 is 34.2. The quantitative estimate of drug-likeness (QED) is 0.814. The summed E-state index contributed by atoms with van der Waals surface area (Å²) in [6.07, 6.45) is 5.01. The van der Waals surface area contributed by atoms with Crippen LogP contribution in [0.5, 0.6) is 5.75 Å². The fourth-order valence-corrected chi connectivity index (χ4v) is 3.42. The summed E-state index contributed by atoms with van der Waals surface area (Å²) >= 11 is 0. The maximum atomic E-state index is 12.2. The number of fused-ring (bicyclic) bond motifs is 1. The number of sulfonamides is 1. The molecule has 0 unspecified atom stereocenters. The summed E-state index contributed by atoms with van der Waals surface area (Å²) in [5.74, 6) is 0.785. The van der Waals surface area contributed by atoms with E-state index in [1.54, 1.807) is 29.1 Å². The average Bonchev–Trinajstić information content (AvgIpc) is 3.13. The summed E-state index contributed by atoms with van der Waals surface area (Å²) in [5, 5.41) is 4.07. The second-order valence-corrected chi connectivity index (χ2v) is 6.66. The highest BCUT2D eigenvalue weighted by Crippen LogP contribution is 2.27. The van der Waals surface area contributed by atoms with Crippen LogP contribution in [-0.4, -0.2) is 31.3 Å². The molecule has 0 amide bonds. The van der Waals surface area contributed by atoms with Gasteiger partial charge in [-0.3, -0.25) is 4.68 Å². The lowest BCUT2D eigenvalue weighted by Crippen LogP contribution is -2.25. The van der Waals surface area contributed by atoms with Gasteiger partial charge in [0.25, 0.3) is 0 Å². The molecule has 0 atom stereocenters. The SMILES string of the molecule is O=S(=O)(NCCCn1cccn1)c1ccc2c(c1)CCO2. The average molecular weight is 307 g/mol. The lowest BCUT2D eigenvalue weighted by atomic mass is 10.2. The van der Waals surface area contributed by atoms with Crippen molar-refractivity contribution in [2.75, 3.05) is 13.2 Å². The van der Waals surface area contributed by atoms with Crippen molar-refractivity contribution in [2.24, 2.45) is 0 Å². The first-order valence-corrected chi connectivity index (χ1v) is 8.36. The van der Waals surface area contributed by atoms with E-state index in [0.29, 0.717) is 31.0 Å². The molecule has 21 heavy (non-hydrogen) atoms. The summed E-state index contributed by atoms with van der Waals surface area (Å²) in [6.45, 7) is 1.69. The van der Waals surface area contributed by atoms with Crippen LogP contribution in [0.3, 0.4) is 0 Å². The van der Waals surface area contributed by atoms with E-state index in [9.17, 15) is 8.42 Å². The van der Waals surface area contributed by atoms with Crippen LogP contribution in [0.15, 0.2) is 41.6 Å². The Morgan fingerprint density at radius 1 is 1.38 bits per heavy atom. The zero-order valence-corrected chi connectivity index (χ0v) is 12.3. The molecule has 2 aromatic rings. The van der Waals surface area contributed by atoms with Gasteiger partial charge in [-0.2, -0.15) is 5.10 Å². The molecular formula is C14H17N3O3S. The van der Waals surface area contributed by atoms with Gasteiger partial charge in [0, 0.05) is 31.9 Å². The van der Waals surface area contributed by atoms with Crippen molar-refractivity contribution in [2.45, 2.75) is 24.3 Å². The van der Waals surface area contributed by atoms with E-state index in [-0.39, 0.29) is 0 Å². The number of nitrogens with zero attached hydrogens (tertiary/aromatic N) is 2. The molecule has 1 aromatic heterocycles. The van der Waals surface area contributed by atoms with Crippen LogP contribution in [0.25, 0.3) is 0 Å². The molecule has 112 valence electrons. The van der Waals surface area contributed by atoms with Gasteiger partial charge in [0.1, 0.15) is 5.75 Å². The number of rotatable bonds is 6. The van der Waals surface area contributed by atoms with Crippen LogP contribution in [0.2, 0.25) is 0 Å². The lowest BCUT2D eigenvalue weighted by Gasteiger charge is -2.08. The molecule has 1 aliphatic heterocycles. The highest BCUT2D eigenvalue weighted by Gasteiger charge is 2.18. The molecule has 0 radical (unpaired) electrons. The van der Waals surface area contributed by atoms with Gasteiger partial charge in [0.2, 0.25) is 10.0 Å². The predicted molar refractivity (Wildman–Crippen MR) is 77.7 cm³/mol. The molecule has 0 fully saturated rings. The molecule has 1 N–H and O–H groups in total. The van der Waals surface area contributed by atoms with Crippen molar-refractivity contribution in [3.63, 3.8) is 0 Å². The van der Waals surface area contributed by atoms with Gasteiger partial charge in [-0.1, -0.05) is 0 Å². The largest absolute Gasteiger partial charge is 0.493 e. The molecule has 2 heterocycles. The first-order valence-electron chi connectivity index (χ1n) is 6.88. The normalized spacial score (nSPS) is 13.9. The minimum atomic E-state index is -3.46. The number of nitrogens with one attached hydrogen (secondary N) is 1. The van der Waals surface area contributed by atoms with Crippen LogP contribution in [0.1, 0.15) is 12.0 Å². The molecule has 0 bridgehead atoms. The number of benzene rings is 1. The predicted octanol–water partition coefficient (Wildman–Crippen LogP) is 1.19. The Kier molecular flexibility index (Phi) is 3.94. The summed E-state index contributed by atoms with van der Waals surface area (Å²) in [7, 11) is -3.46. The van der Waals surface area contributed by atoms with Crippen LogP contribution >= 0.6 is 0 Å². The fraction of sp³-hybridized carbons (Fsp3) is 0.357. The van der Waals surface area contributed by atoms with Crippen molar-refractivity contribution in [3.8, 4) is 5.75 Å². The smallest absolute Gasteiger partial charge is 0.240 e. The molecule has 3 rings (SSSR count). The lowest BCUT2D eigenvalue weighted by molar-refractivity contribution is 0.356. The van der Waals surface area contributed by atoms with Crippen LogP contribution in [-0.2, 0) is 23.0 Å². The Balaban J connectivity index is 1.59. The molecule has 7 heteroatoms. The molecule has 6 nitrogen and oxygen atoms in total. The molecule has 0 saturated carbocycles. The highest BCUT2D eigenvalue weighted by atomic mass is 32.2. The maximum Gasteiger partial charge on any atom is 0.240 e. The molecule has 1 aromatic carbocycles. The minimum absolute atomic E-state index is 0.297. The summed E-state index contributed by atoms with van der Waals surface area (Å²) in [6, 6.07) is 6.84. The van der Waals surface area contributed by atoms with Crippen LogP contribution in [0.4, 0.5) is 0 Å². The number of hydrogen-bond donors (Lipinski definition) is 1. The Hall–Kier alpha value is -1.86. The van der Waals surface area contributed by atoms with E-state index in [1.165, 1.54) is 0 Å². The van der Waals surface area contributed by atoms with Crippen LogP contribution < -0.4 is 9.46 Å². The van der Waals surface area contributed by atoms with Crippen molar-refractivity contribution >= 4 is 10.0 Å². The zero-order chi connectivity index (χ0) is 14.7. The van der Waals surface area contributed by atoms with Gasteiger partial charge < -0.3 is 4.74 Å². The van der Waals surface area contributed by atoms with Gasteiger partial charge in [-0.25, -0.2) is 13.1 Å². The summed E-state index contributed by atoms with van der Waals surface area (Å²) in [5.41, 5.74) is 0.953. The number of aromatic nitrogens is 2. The molecule has 0 saturated heterocycles. The number of aryl methyl sites for hydroxylation is 1. The third-order valence-corrected chi connectivity index (χ3v) is 4.85. The van der Waals surface area contributed by atoms with Crippen molar-refractivity contribution in [1.29, 1.82) is 0 Å². The second-order valence-electron chi connectivity index (χ2n) is 4.89. The van der Waals surface area contributed by atoms with Gasteiger partial charge >= 0.3 is 0 Å². The van der Waals surface area contributed by atoms with Gasteiger partial charge in [-0.05, 0) is 36.2 Å². The van der Waals surface area contributed by atoms with Crippen LogP contribution in [0, 0.1) is 0 Å². The summed E-state index contributed by atoms with van der Waals surface area (Å²) in [4.78, 5) is 0.297. The van der Waals surface area contributed by atoms with Crippen molar-refractivity contribution in [1.82, 2.24) is 14.5 Å². The fourth-order valence-electron chi connectivity index (χ4n) is 2.29. The Morgan fingerprint density at radius 2 is 2.29 bits per heavy atom. The Morgan fingerprint density at radius 3 is 3.10 bits per heavy atom. The minimum Gasteiger partial charge on any atom is -0.493 e. The highest BCUT2D eigenvalue weighted by molar-refractivity contribution is 7.89. The van der Waals surface area contributed by atoms with Crippen molar-refractivity contribution < 1.29 is 13.2 Å². The third-order valence-electron chi connectivity index (χ3n) is 3.39. The monoisotopic (exact) mass is 307 g/mol. The number of hydrogen-bond acceptors (Lipinski definition) is 4. The molecule has 0 aliphatic carbocycles. The maximum absolute atomic E-state index is 12.2. The van der Waals surface area contributed by atoms with Crippen molar-refractivity contribution in [3.05, 3.63) is 42.2 Å². The van der Waals surface area contributed by atoms with E-state index in [4.69, 9.17) is 4.74 Å². The van der Waals surface area contributed by atoms with Gasteiger partial charge in [0.05, 0.1) is 11.5 Å². The van der Waals surface area contributed by atoms with E-state index in [0.717, 1.165) is 17.7 Å². The topological polar surface area (TPSA) is 73.2 Å². The van der Waals surface area contributed by atoms with E-state index in [2.05, 4.69) is 9.82 Å². The first-order chi connectivity index (χ1) is 10.1. The molecule has 0 spiro atoms. The van der Waals surface area contributed by atoms with E-state index >= 15 is 0 Å². The molecular weight excluding hydrogens is 290 g/mol. The third kappa shape index (κ3) is 3.25.